The van der Waals surface area contributed by atoms with Gasteiger partial charge in [0, 0.05) is 0 Å². The SMILES string of the molecule is C/C(=C/B1OC(C)(C)C(C)(C)O1)c1ccc2ccccc2c1. The molecule has 1 saturated heterocycles. The molecule has 0 saturated carbocycles. The second-order valence-electron chi connectivity index (χ2n) is 7.04. The Hall–Kier alpha value is -1.58. The van der Waals surface area contributed by atoms with Gasteiger partial charge >= 0.3 is 7.12 Å². The van der Waals surface area contributed by atoms with E-state index in [0.717, 1.165) is 0 Å². The minimum absolute atomic E-state index is 0.294. The van der Waals surface area contributed by atoms with Crippen LogP contribution in [0, 0.1) is 0 Å². The third-order valence-electron chi connectivity index (χ3n) is 4.86. The highest BCUT2D eigenvalue weighted by molar-refractivity contribution is 6.53. The Kier molecular flexibility index (Phi) is 3.66. The molecule has 0 aliphatic carbocycles. The van der Waals surface area contributed by atoms with Gasteiger partial charge in [-0.2, -0.15) is 0 Å². The fourth-order valence-electron chi connectivity index (χ4n) is 2.69. The number of hydrogen-bond acceptors (Lipinski definition) is 2. The number of allylic oxidation sites excluding steroid dienone is 1. The fraction of sp³-hybridized carbons (Fsp3) is 0.368. The van der Waals surface area contributed by atoms with Gasteiger partial charge in [0.25, 0.3) is 0 Å². The van der Waals surface area contributed by atoms with Crippen LogP contribution in [0.15, 0.2) is 48.4 Å². The van der Waals surface area contributed by atoms with Crippen molar-refractivity contribution in [2.45, 2.75) is 45.8 Å². The van der Waals surface area contributed by atoms with Crippen molar-refractivity contribution in [2.75, 3.05) is 0 Å². The fourth-order valence-corrected chi connectivity index (χ4v) is 2.69. The smallest absolute Gasteiger partial charge is 0.400 e. The average Bonchev–Trinajstić information content (AvgIpc) is 2.65. The summed E-state index contributed by atoms with van der Waals surface area (Å²) >= 11 is 0. The van der Waals surface area contributed by atoms with Gasteiger partial charge in [0.05, 0.1) is 11.2 Å². The predicted octanol–water partition coefficient (Wildman–Crippen LogP) is 4.87. The van der Waals surface area contributed by atoms with Crippen molar-refractivity contribution < 1.29 is 9.31 Å². The van der Waals surface area contributed by atoms with E-state index in [1.807, 2.05) is 0 Å². The number of rotatable bonds is 2. The molecule has 2 aromatic rings. The van der Waals surface area contributed by atoms with Crippen molar-refractivity contribution in [1.29, 1.82) is 0 Å². The maximum Gasteiger partial charge on any atom is 0.487 e. The molecule has 114 valence electrons. The van der Waals surface area contributed by atoms with Crippen LogP contribution in [0.5, 0.6) is 0 Å². The first-order chi connectivity index (χ1) is 10.3. The highest BCUT2D eigenvalue weighted by atomic mass is 16.7. The van der Waals surface area contributed by atoms with Gasteiger partial charge in [-0.15, -0.1) is 0 Å². The lowest BCUT2D eigenvalue weighted by atomic mass is 9.85. The molecule has 0 unspecified atom stereocenters. The van der Waals surface area contributed by atoms with E-state index in [2.05, 4.69) is 83.1 Å². The summed E-state index contributed by atoms with van der Waals surface area (Å²) in [6.07, 6.45) is 0. The second kappa shape index (κ2) is 5.25. The first-order valence-electron chi connectivity index (χ1n) is 7.82. The molecule has 1 heterocycles. The van der Waals surface area contributed by atoms with Crippen molar-refractivity contribution >= 4 is 23.5 Å². The molecule has 1 aliphatic rings. The van der Waals surface area contributed by atoms with Crippen LogP contribution in [-0.2, 0) is 9.31 Å². The Morgan fingerprint density at radius 2 is 1.50 bits per heavy atom. The van der Waals surface area contributed by atoms with Gasteiger partial charge in [0.2, 0.25) is 0 Å². The molecule has 0 N–H and O–H groups in total. The lowest BCUT2D eigenvalue weighted by Crippen LogP contribution is -2.41. The molecule has 0 aromatic heterocycles. The van der Waals surface area contributed by atoms with Crippen LogP contribution in [0.25, 0.3) is 16.3 Å². The summed E-state index contributed by atoms with van der Waals surface area (Å²) in [5, 5.41) is 2.51. The van der Waals surface area contributed by atoms with Crippen LogP contribution in [-0.4, -0.2) is 18.3 Å². The molecule has 1 aliphatic heterocycles. The van der Waals surface area contributed by atoms with E-state index in [9.17, 15) is 0 Å². The minimum atomic E-state index is -0.295. The van der Waals surface area contributed by atoms with Crippen molar-refractivity contribution in [3.05, 3.63) is 54.0 Å². The van der Waals surface area contributed by atoms with Gasteiger partial charge < -0.3 is 9.31 Å². The summed E-state index contributed by atoms with van der Waals surface area (Å²) in [4.78, 5) is 0. The largest absolute Gasteiger partial charge is 0.487 e. The molecule has 0 atom stereocenters. The summed E-state index contributed by atoms with van der Waals surface area (Å²) < 4.78 is 12.1. The molecule has 3 heteroatoms. The third kappa shape index (κ3) is 2.71. The van der Waals surface area contributed by atoms with Gasteiger partial charge in [-0.3, -0.25) is 0 Å². The normalized spacial score (nSPS) is 20.6. The van der Waals surface area contributed by atoms with E-state index in [1.54, 1.807) is 0 Å². The highest BCUT2D eigenvalue weighted by Gasteiger charge is 2.50. The summed E-state index contributed by atoms with van der Waals surface area (Å²) in [5.74, 6) is 2.07. The highest BCUT2D eigenvalue weighted by Crippen LogP contribution is 2.37. The molecular formula is C19H23BO2. The quantitative estimate of drug-likeness (QED) is 0.735. The lowest BCUT2D eigenvalue weighted by Gasteiger charge is -2.32. The standard InChI is InChI=1S/C19H23BO2/c1-14(13-20-21-18(2,3)19(4,5)22-20)16-11-10-15-8-6-7-9-17(15)12-16/h6-13H,1-5H3/b14-13-. The van der Waals surface area contributed by atoms with Crippen molar-refractivity contribution in [1.82, 2.24) is 0 Å². The first-order valence-corrected chi connectivity index (χ1v) is 7.82. The molecule has 0 bridgehead atoms. The van der Waals surface area contributed by atoms with Crippen LogP contribution in [0.4, 0.5) is 0 Å². The Balaban J connectivity index is 1.88. The van der Waals surface area contributed by atoms with E-state index in [-0.39, 0.29) is 18.3 Å². The molecule has 0 spiro atoms. The molecule has 2 nitrogen and oxygen atoms in total. The lowest BCUT2D eigenvalue weighted by molar-refractivity contribution is 0.00578. The van der Waals surface area contributed by atoms with Gasteiger partial charge in [-0.25, -0.2) is 0 Å². The molecule has 0 radical (unpaired) electrons. The molecule has 2 aromatic carbocycles. The van der Waals surface area contributed by atoms with Gasteiger partial charge in [-0.05, 0) is 57.0 Å². The maximum atomic E-state index is 6.05. The van der Waals surface area contributed by atoms with Gasteiger partial charge in [0.1, 0.15) is 0 Å². The zero-order chi connectivity index (χ0) is 16.0. The van der Waals surface area contributed by atoms with Crippen LogP contribution in [0.1, 0.15) is 40.2 Å². The number of benzene rings is 2. The molecule has 1 fully saturated rings. The van der Waals surface area contributed by atoms with E-state index in [4.69, 9.17) is 9.31 Å². The summed E-state index contributed by atoms with van der Waals surface area (Å²) in [6.45, 7) is 10.4. The van der Waals surface area contributed by atoms with Crippen molar-refractivity contribution in [3.63, 3.8) is 0 Å². The third-order valence-corrected chi connectivity index (χ3v) is 4.86. The monoisotopic (exact) mass is 294 g/mol. The van der Waals surface area contributed by atoms with E-state index < -0.39 is 0 Å². The Labute approximate surface area is 133 Å². The molecule has 22 heavy (non-hydrogen) atoms. The Morgan fingerprint density at radius 3 is 2.14 bits per heavy atom. The van der Waals surface area contributed by atoms with Crippen molar-refractivity contribution in [2.24, 2.45) is 0 Å². The van der Waals surface area contributed by atoms with E-state index >= 15 is 0 Å². The second-order valence-corrected chi connectivity index (χ2v) is 7.04. The zero-order valence-corrected chi connectivity index (χ0v) is 14.0. The van der Waals surface area contributed by atoms with E-state index in [0.29, 0.717) is 0 Å². The van der Waals surface area contributed by atoms with Crippen molar-refractivity contribution in [3.8, 4) is 0 Å². The Bertz CT molecular complexity index is 715. The minimum Gasteiger partial charge on any atom is -0.400 e. The average molecular weight is 294 g/mol. The van der Waals surface area contributed by atoms with Crippen LogP contribution >= 0.6 is 0 Å². The topological polar surface area (TPSA) is 18.5 Å². The maximum absolute atomic E-state index is 6.05. The van der Waals surface area contributed by atoms with Crippen LogP contribution in [0.2, 0.25) is 0 Å². The summed E-state index contributed by atoms with van der Waals surface area (Å²) in [7, 11) is -0.295. The molecule has 3 rings (SSSR count). The zero-order valence-electron chi connectivity index (χ0n) is 14.0. The van der Waals surface area contributed by atoms with Gasteiger partial charge in [0.15, 0.2) is 0 Å². The predicted molar refractivity (Wildman–Crippen MR) is 93.7 cm³/mol. The number of hydrogen-bond donors (Lipinski definition) is 0. The summed E-state index contributed by atoms with van der Waals surface area (Å²) in [6, 6.07) is 14.9. The van der Waals surface area contributed by atoms with Crippen LogP contribution in [0.3, 0.4) is 0 Å². The summed E-state index contributed by atoms with van der Waals surface area (Å²) in [5.41, 5.74) is 1.79. The molecule has 0 amide bonds. The Morgan fingerprint density at radius 1 is 0.909 bits per heavy atom. The first kappa shape index (κ1) is 15.3. The number of fused-ring (bicyclic) bond motifs is 1. The van der Waals surface area contributed by atoms with Gasteiger partial charge in [-0.1, -0.05) is 47.9 Å². The van der Waals surface area contributed by atoms with Crippen LogP contribution < -0.4 is 0 Å². The van der Waals surface area contributed by atoms with E-state index in [1.165, 1.54) is 21.9 Å². The molecular weight excluding hydrogens is 271 g/mol.